The molecule has 0 aromatic heterocycles. The van der Waals surface area contributed by atoms with Gasteiger partial charge in [0.2, 0.25) is 5.91 Å². The highest BCUT2D eigenvalue weighted by atomic mass is 16.5. The number of carbonyl (C=O) groups is 2. The van der Waals surface area contributed by atoms with Crippen molar-refractivity contribution in [2.24, 2.45) is 0 Å². The fourth-order valence-electron chi connectivity index (χ4n) is 4.86. The molecule has 1 aliphatic heterocycles. The van der Waals surface area contributed by atoms with E-state index in [0.717, 1.165) is 69.1 Å². The number of nitrogens with one attached hydrogen (secondary N) is 3. The number of rotatable bonds is 12. The van der Waals surface area contributed by atoms with E-state index in [1.54, 1.807) is 0 Å². The Balaban J connectivity index is 1.17. The zero-order valence-corrected chi connectivity index (χ0v) is 22.1. The normalized spacial score (nSPS) is 17.3. The van der Waals surface area contributed by atoms with Crippen LogP contribution < -0.4 is 20.7 Å². The molecule has 2 aromatic carbocycles. The van der Waals surface area contributed by atoms with Gasteiger partial charge in [-0.3, -0.25) is 9.69 Å². The molecule has 9 nitrogen and oxygen atoms in total. The van der Waals surface area contributed by atoms with Crippen molar-refractivity contribution in [2.45, 2.75) is 44.2 Å². The second-order valence-electron chi connectivity index (χ2n) is 9.84. The Bertz CT molecular complexity index is 990. The van der Waals surface area contributed by atoms with E-state index in [1.165, 1.54) is 0 Å². The van der Waals surface area contributed by atoms with Crippen LogP contribution >= 0.6 is 0 Å². The summed E-state index contributed by atoms with van der Waals surface area (Å²) in [7, 11) is 0. The SMILES string of the molecule is O=C(NC1(C(=O)NCCNc2ccc(OCCN3CCOCC3)cc2)CCCCC1)OCc1ccccc1. The lowest BCUT2D eigenvalue weighted by Gasteiger charge is -2.36. The Morgan fingerprint density at radius 3 is 2.39 bits per heavy atom. The van der Waals surface area contributed by atoms with E-state index in [9.17, 15) is 9.59 Å². The lowest BCUT2D eigenvalue weighted by Crippen LogP contribution is -2.60. The van der Waals surface area contributed by atoms with Crippen LogP contribution in [0.15, 0.2) is 54.6 Å². The van der Waals surface area contributed by atoms with Crippen molar-refractivity contribution in [1.29, 1.82) is 0 Å². The van der Waals surface area contributed by atoms with Crippen LogP contribution in [0.1, 0.15) is 37.7 Å². The number of hydrogen-bond donors (Lipinski definition) is 3. The molecule has 2 fully saturated rings. The van der Waals surface area contributed by atoms with Crippen molar-refractivity contribution in [3.63, 3.8) is 0 Å². The summed E-state index contributed by atoms with van der Waals surface area (Å²) >= 11 is 0. The lowest BCUT2D eigenvalue weighted by molar-refractivity contribution is -0.128. The minimum Gasteiger partial charge on any atom is -0.492 e. The van der Waals surface area contributed by atoms with Crippen molar-refractivity contribution in [1.82, 2.24) is 15.5 Å². The van der Waals surface area contributed by atoms with Gasteiger partial charge in [0, 0.05) is 38.4 Å². The number of anilines is 1. The van der Waals surface area contributed by atoms with Crippen LogP contribution in [0.2, 0.25) is 0 Å². The van der Waals surface area contributed by atoms with Crippen molar-refractivity contribution in [3.8, 4) is 5.75 Å². The molecule has 0 unspecified atom stereocenters. The van der Waals surface area contributed by atoms with E-state index in [2.05, 4.69) is 20.9 Å². The maximum atomic E-state index is 13.2. The van der Waals surface area contributed by atoms with E-state index in [4.69, 9.17) is 14.2 Å². The number of amides is 2. The number of alkyl carbamates (subject to hydrolysis) is 1. The summed E-state index contributed by atoms with van der Waals surface area (Å²) < 4.78 is 16.6. The average molecular weight is 525 g/mol. The zero-order valence-electron chi connectivity index (χ0n) is 22.1. The highest BCUT2D eigenvalue weighted by Crippen LogP contribution is 2.28. The highest BCUT2D eigenvalue weighted by Gasteiger charge is 2.41. The minimum atomic E-state index is -0.924. The molecule has 0 spiro atoms. The Morgan fingerprint density at radius 2 is 1.66 bits per heavy atom. The summed E-state index contributed by atoms with van der Waals surface area (Å²) in [5.41, 5.74) is 0.935. The quantitative estimate of drug-likeness (QED) is 0.365. The molecular weight excluding hydrogens is 484 g/mol. The van der Waals surface area contributed by atoms with Gasteiger partial charge in [0.25, 0.3) is 0 Å². The molecule has 2 aliphatic rings. The molecule has 0 radical (unpaired) electrons. The van der Waals surface area contributed by atoms with Crippen molar-refractivity contribution in [2.75, 3.05) is 57.9 Å². The average Bonchev–Trinajstić information content (AvgIpc) is 2.96. The van der Waals surface area contributed by atoms with Gasteiger partial charge in [-0.2, -0.15) is 0 Å². The molecule has 1 heterocycles. The second-order valence-corrected chi connectivity index (χ2v) is 9.84. The molecule has 206 valence electrons. The fourth-order valence-corrected chi connectivity index (χ4v) is 4.86. The van der Waals surface area contributed by atoms with Gasteiger partial charge in [0.05, 0.1) is 13.2 Å². The van der Waals surface area contributed by atoms with E-state index >= 15 is 0 Å². The van der Waals surface area contributed by atoms with Gasteiger partial charge in [0.1, 0.15) is 24.5 Å². The maximum absolute atomic E-state index is 13.2. The summed E-state index contributed by atoms with van der Waals surface area (Å²) in [5.74, 6) is 0.682. The van der Waals surface area contributed by atoms with Gasteiger partial charge < -0.3 is 30.2 Å². The number of hydrogen-bond acceptors (Lipinski definition) is 7. The predicted molar refractivity (Wildman–Crippen MR) is 146 cm³/mol. The van der Waals surface area contributed by atoms with Crippen molar-refractivity contribution in [3.05, 3.63) is 60.2 Å². The Labute approximate surface area is 225 Å². The van der Waals surface area contributed by atoms with Crippen LogP contribution in [0.5, 0.6) is 5.75 Å². The highest BCUT2D eigenvalue weighted by molar-refractivity contribution is 5.90. The summed E-state index contributed by atoms with van der Waals surface area (Å²) in [4.78, 5) is 28.0. The number of nitrogens with zero attached hydrogens (tertiary/aromatic N) is 1. The molecule has 1 saturated carbocycles. The lowest BCUT2D eigenvalue weighted by atomic mass is 9.81. The van der Waals surface area contributed by atoms with Gasteiger partial charge in [-0.15, -0.1) is 0 Å². The molecule has 4 rings (SSSR count). The van der Waals surface area contributed by atoms with Gasteiger partial charge in [0.15, 0.2) is 0 Å². The minimum absolute atomic E-state index is 0.153. The largest absolute Gasteiger partial charge is 0.492 e. The Hall–Kier alpha value is -3.30. The fraction of sp³-hybridized carbons (Fsp3) is 0.517. The first-order valence-corrected chi connectivity index (χ1v) is 13.7. The van der Waals surface area contributed by atoms with Gasteiger partial charge in [-0.1, -0.05) is 49.6 Å². The third-order valence-electron chi connectivity index (χ3n) is 7.07. The van der Waals surface area contributed by atoms with Crippen LogP contribution in [-0.4, -0.2) is 75.0 Å². The molecule has 0 bridgehead atoms. The van der Waals surface area contributed by atoms with E-state index in [1.807, 2.05) is 54.6 Å². The molecule has 2 amide bonds. The number of carbonyl (C=O) groups excluding carboxylic acids is 2. The first kappa shape index (κ1) is 27.7. The molecule has 1 saturated heterocycles. The molecule has 3 N–H and O–H groups in total. The van der Waals surface area contributed by atoms with Crippen molar-refractivity contribution >= 4 is 17.7 Å². The monoisotopic (exact) mass is 524 g/mol. The zero-order chi connectivity index (χ0) is 26.5. The standard InChI is InChI=1S/C29H40N4O5/c34-27(29(13-5-2-6-14-29)32-28(35)38-23-24-7-3-1-4-8-24)31-16-15-30-25-9-11-26(12-10-25)37-22-19-33-17-20-36-21-18-33/h1,3-4,7-12,30H,2,5-6,13-23H2,(H,31,34)(H,32,35). The topological polar surface area (TPSA) is 101 Å². The number of morpholine rings is 1. The molecule has 9 heteroatoms. The molecule has 0 atom stereocenters. The summed E-state index contributed by atoms with van der Waals surface area (Å²) in [6, 6.07) is 17.3. The Morgan fingerprint density at radius 1 is 0.921 bits per heavy atom. The predicted octanol–water partition coefficient (Wildman–Crippen LogP) is 3.56. The van der Waals surface area contributed by atoms with E-state index in [-0.39, 0.29) is 12.5 Å². The van der Waals surface area contributed by atoms with E-state index < -0.39 is 11.6 Å². The molecule has 1 aliphatic carbocycles. The third kappa shape index (κ3) is 8.63. The van der Waals surface area contributed by atoms with Crippen molar-refractivity contribution < 1.29 is 23.8 Å². The van der Waals surface area contributed by atoms with Gasteiger partial charge in [-0.05, 0) is 42.7 Å². The van der Waals surface area contributed by atoms with Crippen LogP contribution in [-0.2, 0) is 20.9 Å². The van der Waals surface area contributed by atoms with Gasteiger partial charge in [-0.25, -0.2) is 4.79 Å². The number of benzene rings is 2. The Kier molecular flexibility index (Phi) is 10.6. The number of ether oxygens (including phenoxy) is 3. The second kappa shape index (κ2) is 14.6. The molecular formula is C29H40N4O5. The summed E-state index contributed by atoms with van der Waals surface area (Å²) in [6.07, 6.45) is 3.51. The maximum Gasteiger partial charge on any atom is 0.408 e. The molecule has 38 heavy (non-hydrogen) atoms. The first-order chi connectivity index (χ1) is 18.6. The first-order valence-electron chi connectivity index (χ1n) is 13.7. The molecule has 2 aromatic rings. The smallest absolute Gasteiger partial charge is 0.408 e. The summed E-state index contributed by atoms with van der Waals surface area (Å²) in [6.45, 7) is 6.22. The van der Waals surface area contributed by atoms with Gasteiger partial charge >= 0.3 is 6.09 Å². The van der Waals surface area contributed by atoms with E-state index in [0.29, 0.717) is 32.5 Å². The summed E-state index contributed by atoms with van der Waals surface area (Å²) in [5, 5.41) is 9.22. The van der Waals surface area contributed by atoms with Crippen LogP contribution in [0.3, 0.4) is 0 Å². The van der Waals surface area contributed by atoms with Crippen LogP contribution in [0, 0.1) is 0 Å². The van der Waals surface area contributed by atoms with Crippen LogP contribution in [0.25, 0.3) is 0 Å². The third-order valence-corrected chi connectivity index (χ3v) is 7.07. The van der Waals surface area contributed by atoms with Crippen LogP contribution in [0.4, 0.5) is 10.5 Å².